The lowest BCUT2D eigenvalue weighted by Crippen LogP contribution is -2.35. The van der Waals surface area contributed by atoms with Crippen molar-refractivity contribution in [2.45, 2.75) is 32.7 Å². The van der Waals surface area contributed by atoms with Gasteiger partial charge >= 0.3 is 0 Å². The number of carbonyl (C=O) groups excluding carboxylic acids is 1. The van der Waals surface area contributed by atoms with Crippen LogP contribution in [0.25, 0.3) is 0 Å². The average Bonchev–Trinajstić information content (AvgIpc) is 2.73. The maximum atomic E-state index is 12.8. The van der Waals surface area contributed by atoms with Gasteiger partial charge in [-0.05, 0) is 31.0 Å². The Hall–Kier alpha value is -3.53. The second kappa shape index (κ2) is 9.98. The number of aryl methyl sites for hydroxylation is 2. The Morgan fingerprint density at radius 2 is 1.90 bits per heavy atom. The molecule has 1 amide bonds. The van der Waals surface area contributed by atoms with Crippen LogP contribution in [-0.4, -0.2) is 24.7 Å². The summed E-state index contributed by atoms with van der Waals surface area (Å²) in [4.78, 5) is 33.5. The van der Waals surface area contributed by atoms with E-state index in [4.69, 9.17) is 5.73 Å². The van der Waals surface area contributed by atoms with Crippen molar-refractivity contribution in [2.75, 3.05) is 10.5 Å². The van der Waals surface area contributed by atoms with Crippen molar-refractivity contribution in [3.8, 4) is 0 Å². The van der Waals surface area contributed by atoms with E-state index in [9.17, 15) is 13.8 Å². The van der Waals surface area contributed by atoms with Crippen molar-refractivity contribution >= 4 is 28.4 Å². The number of carbonyl (C=O) groups is 1. The SMILES string of the molecule is Cc1nc(N)ccc1CNC(=O)Cn1c(C)ncc(NS(=O)Cc2ccccc2)c1=O. The second-order valence-corrected chi connectivity index (χ2v) is 8.13. The van der Waals surface area contributed by atoms with Gasteiger partial charge in [-0.3, -0.25) is 18.9 Å². The minimum Gasteiger partial charge on any atom is -0.384 e. The zero-order valence-electron chi connectivity index (χ0n) is 17.3. The summed E-state index contributed by atoms with van der Waals surface area (Å²) in [6.45, 7) is 3.49. The number of nitrogens with one attached hydrogen (secondary N) is 2. The van der Waals surface area contributed by atoms with E-state index in [-0.39, 0.29) is 30.4 Å². The van der Waals surface area contributed by atoms with Gasteiger partial charge < -0.3 is 11.1 Å². The third-order valence-electron chi connectivity index (χ3n) is 4.61. The molecule has 1 unspecified atom stereocenters. The molecule has 0 saturated heterocycles. The molecule has 0 bridgehead atoms. The van der Waals surface area contributed by atoms with E-state index in [1.165, 1.54) is 10.8 Å². The standard InChI is InChI=1S/C21H24N6O3S/c1-14-17(8-9-19(22)25-14)10-24-20(28)12-27-15(2)23-11-18(21(27)29)26-31(30)13-16-6-4-3-5-7-16/h3-9,11,26H,10,12-13H2,1-2H3,(H2,22,25)(H,24,28). The first-order valence-electron chi connectivity index (χ1n) is 9.57. The van der Waals surface area contributed by atoms with E-state index in [1.807, 2.05) is 30.3 Å². The fourth-order valence-electron chi connectivity index (χ4n) is 2.91. The van der Waals surface area contributed by atoms with E-state index < -0.39 is 16.5 Å². The van der Waals surface area contributed by atoms with Crippen molar-refractivity contribution in [2.24, 2.45) is 0 Å². The summed E-state index contributed by atoms with van der Waals surface area (Å²) in [6.07, 6.45) is 1.33. The van der Waals surface area contributed by atoms with Gasteiger partial charge in [-0.25, -0.2) is 14.2 Å². The van der Waals surface area contributed by atoms with Crippen molar-refractivity contribution in [1.82, 2.24) is 19.9 Å². The Balaban J connectivity index is 1.66. The first kappa shape index (κ1) is 22.2. The Morgan fingerprint density at radius 1 is 1.16 bits per heavy atom. The summed E-state index contributed by atoms with van der Waals surface area (Å²) in [7, 11) is -1.51. The van der Waals surface area contributed by atoms with E-state index >= 15 is 0 Å². The predicted molar refractivity (Wildman–Crippen MR) is 120 cm³/mol. The van der Waals surface area contributed by atoms with Gasteiger partial charge in [-0.15, -0.1) is 0 Å². The lowest BCUT2D eigenvalue weighted by molar-refractivity contribution is -0.121. The molecule has 10 heteroatoms. The van der Waals surface area contributed by atoms with Crippen LogP contribution in [-0.2, 0) is 34.6 Å². The molecule has 9 nitrogen and oxygen atoms in total. The highest BCUT2D eigenvalue weighted by Crippen LogP contribution is 2.08. The lowest BCUT2D eigenvalue weighted by atomic mass is 10.2. The molecule has 4 N–H and O–H groups in total. The van der Waals surface area contributed by atoms with Crippen LogP contribution >= 0.6 is 0 Å². The topological polar surface area (TPSA) is 132 Å². The summed E-state index contributed by atoms with van der Waals surface area (Å²) in [5.41, 5.74) is 7.68. The van der Waals surface area contributed by atoms with Crippen LogP contribution in [0.4, 0.5) is 11.5 Å². The van der Waals surface area contributed by atoms with Gasteiger partial charge in [0.15, 0.2) is 0 Å². The van der Waals surface area contributed by atoms with Crippen molar-refractivity contribution in [1.29, 1.82) is 0 Å². The molecule has 3 aromatic rings. The molecule has 2 heterocycles. The maximum Gasteiger partial charge on any atom is 0.278 e. The molecule has 0 radical (unpaired) electrons. The minimum absolute atomic E-state index is 0.0752. The van der Waals surface area contributed by atoms with E-state index in [1.54, 1.807) is 26.0 Å². The van der Waals surface area contributed by atoms with Gasteiger partial charge in [-0.1, -0.05) is 36.4 Å². The Bertz CT molecular complexity index is 1160. The molecule has 0 aliphatic rings. The molecule has 1 aromatic carbocycles. The van der Waals surface area contributed by atoms with Crippen LogP contribution in [0.15, 0.2) is 53.5 Å². The van der Waals surface area contributed by atoms with E-state index in [0.717, 1.165) is 16.8 Å². The monoisotopic (exact) mass is 440 g/mol. The molecular formula is C21H24N6O3S. The van der Waals surface area contributed by atoms with Crippen molar-refractivity contribution in [3.63, 3.8) is 0 Å². The third-order valence-corrected chi connectivity index (χ3v) is 5.65. The van der Waals surface area contributed by atoms with E-state index in [0.29, 0.717) is 11.6 Å². The number of aromatic nitrogens is 3. The number of benzene rings is 1. The van der Waals surface area contributed by atoms with Crippen molar-refractivity contribution in [3.05, 3.63) is 81.7 Å². The molecule has 1 atom stereocenters. The van der Waals surface area contributed by atoms with Gasteiger partial charge in [0.2, 0.25) is 5.91 Å². The fraction of sp³-hybridized carbons (Fsp3) is 0.238. The number of nitrogens with two attached hydrogens (primary N) is 1. The zero-order valence-corrected chi connectivity index (χ0v) is 18.1. The van der Waals surface area contributed by atoms with Gasteiger partial charge in [0.05, 0.1) is 11.9 Å². The van der Waals surface area contributed by atoms with Crippen LogP contribution in [0.1, 0.15) is 22.6 Å². The second-order valence-electron chi connectivity index (χ2n) is 6.95. The molecule has 0 spiro atoms. The van der Waals surface area contributed by atoms with Crippen LogP contribution in [0, 0.1) is 13.8 Å². The number of nitrogen functional groups attached to an aromatic ring is 1. The molecule has 3 rings (SSSR count). The zero-order chi connectivity index (χ0) is 22.4. The highest BCUT2D eigenvalue weighted by atomic mass is 32.2. The molecule has 0 aliphatic carbocycles. The summed E-state index contributed by atoms with van der Waals surface area (Å²) in [5, 5.41) is 2.77. The van der Waals surface area contributed by atoms with Crippen LogP contribution in [0.5, 0.6) is 0 Å². The fourth-order valence-corrected chi connectivity index (χ4v) is 3.86. The average molecular weight is 441 g/mol. The lowest BCUT2D eigenvalue weighted by Gasteiger charge is -2.13. The number of pyridine rings is 1. The largest absolute Gasteiger partial charge is 0.384 e. The van der Waals surface area contributed by atoms with Crippen LogP contribution in [0.3, 0.4) is 0 Å². The maximum absolute atomic E-state index is 12.8. The van der Waals surface area contributed by atoms with Crippen LogP contribution in [0.2, 0.25) is 0 Å². The molecule has 162 valence electrons. The number of anilines is 2. The molecule has 0 saturated carbocycles. The normalized spacial score (nSPS) is 11.7. The number of hydrogen-bond acceptors (Lipinski definition) is 6. The number of amides is 1. The third kappa shape index (κ3) is 5.98. The van der Waals surface area contributed by atoms with E-state index in [2.05, 4.69) is 20.0 Å². The Labute approximate surface area is 182 Å². The summed E-state index contributed by atoms with van der Waals surface area (Å²) in [6, 6.07) is 12.8. The van der Waals surface area contributed by atoms with Crippen molar-refractivity contribution < 1.29 is 9.00 Å². The first-order chi connectivity index (χ1) is 14.8. The summed E-state index contributed by atoms with van der Waals surface area (Å²) in [5.74, 6) is 0.675. The Morgan fingerprint density at radius 3 is 2.61 bits per heavy atom. The smallest absolute Gasteiger partial charge is 0.278 e. The van der Waals surface area contributed by atoms with Gasteiger partial charge in [0.1, 0.15) is 34.9 Å². The quantitative estimate of drug-likeness (QED) is 0.485. The molecule has 0 fully saturated rings. The minimum atomic E-state index is -1.51. The molecule has 31 heavy (non-hydrogen) atoms. The highest BCUT2D eigenvalue weighted by Gasteiger charge is 2.13. The molecule has 0 aliphatic heterocycles. The number of hydrogen-bond donors (Lipinski definition) is 3. The first-order valence-corrected chi connectivity index (χ1v) is 10.9. The number of rotatable bonds is 8. The predicted octanol–water partition coefficient (Wildman–Crippen LogP) is 1.43. The van der Waals surface area contributed by atoms with Crippen LogP contribution < -0.4 is 21.3 Å². The summed E-state index contributed by atoms with van der Waals surface area (Å²) < 4.78 is 16.3. The number of nitrogens with zero attached hydrogens (tertiary/aromatic N) is 3. The van der Waals surface area contributed by atoms with Gasteiger partial charge in [0, 0.05) is 12.2 Å². The molecular weight excluding hydrogens is 416 g/mol. The summed E-state index contributed by atoms with van der Waals surface area (Å²) >= 11 is 0. The highest BCUT2D eigenvalue weighted by molar-refractivity contribution is 7.85. The molecule has 2 aromatic heterocycles. The Kier molecular flexibility index (Phi) is 7.14. The van der Waals surface area contributed by atoms with Gasteiger partial charge in [-0.2, -0.15) is 0 Å². The van der Waals surface area contributed by atoms with Gasteiger partial charge in [0.25, 0.3) is 5.56 Å².